The van der Waals surface area contributed by atoms with Crippen LogP contribution in [0.2, 0.25) is 0 Å². The maximum Gasteiger partial charge on any atom is 0.333 e. The van der Waals surface area contributed by atoms with Gasteiger partial charge >= 0.3 is 5.97 Å². The fourth-order valence-electron chi connectivity index (χ4n) is 3.66. The number of carbonyl (C=O) groups excluding carboxylic acids is 1. The Morgan fingerprint density at radius 1 is 0.839 bits per heavy atom. The summed E-state index contributed by atoms with van der Waals surface area (Å²) in [5.41, 5.74) is 0.187. The first kappa shape index (κ1) is 30.4. The molecule has 0 aliphatic heterocycles. The van der Waals surface area contributed by atoms with Gasteiger partial charge in [0.1, 0.15) is 13.9 Å². The molecule has 0 saturated heterocycles. The molecule has 6 heteroatoms. The van der Waals surface area contributed by atoms with Gasteiger partial charge in [-0.25, -0.2) is 4.79 Å². The Labute approximate surface area is 191 Å². The van der Waals surface area contributed by atoms with Crippen LogP contribution >= 0.6 is 7.80 Å². The summed E-state index contributed by atoms with van der Waals surface area (Å²) in [7, 11) is -2.33. The molecule has 0 amide bonds. The Morgan fingerprint density at radius 3 is 1.58 bits per heavy atom. The lowest BCUT2D eigenvalue weighted by Crippen LogP contribution is -2.32. The van der Waals surface area contributed by atoms with Crippen molar-refractivity contribution in [2.75, 3.05) is 12.8 Å². The Bertz CT molecular complexity index is 481. The van der Waals surface area contributed by atoms with Crippen LogP contribution in [0.3, 0.4) is 0 Å². The van der Waals surface area contributed by atoms with E-state index in [1.54, 1.807) is 0 Å². The molecule has 0 aromatic rings. The van der Waals surface area contributed by atoms with Crippen molar-refractivity contribution in [2.45, 2.75) is 129 Å². The standard InChI is InChI=1S/C25H49O5P/c1-4-5-6-7-8-9-10-11-12-13-14-15-16-17-18-19-20-31(29)25(23(27)21-26)30-24(28)22(2)3/h23,25-27,31H,2,4-21H2,1,3H3. The van der Waals surface area contributed by atoms with Crippen LogP contribution < -0.4 is 0 Å². The second kappa shape index (κ2) is 21.2. The summed E-state index contributed by atoms with van der Waals surface area (Å²) in [6.45, 7) is 6.67. The molecule has 0 radical (unpaired) electrons. The molecule has 0 spiro atoms. The van der Waals surface area contributed by atoms with Crippen molar-refractivity contribution in [3.05, 3.63) is 12.2 Å². The normalized spacial score (nSPS) is 14.2. The number of ether oxygens (including phenoxy) is 1. The van der Waals surface area contributed by atoms with Crippen molar-refractivity contribution in [1.29, 1.82) is 0 Å². The van der Waals surface area contributed by atoms with Crippen LogP contribution in [-0.2, 0) is 14.1 Å². The Balaban J connectivity index is 3.64. The smallest absolute Gasteiger partial charge is 0.333 e. The lowest BCUT2D eigenvalue weighted by molar-refractivity contribution is -0.145. The highest BCUT2D eigenvalue weighted by atomic mass is 31.1. The molecule has 0 aromatic heterocycles. The van der Waals surface area contributed by atoms with Crippen LogP contribution in [-0.4, -0.2) is 40.9 Å². The van der Waals surface area contributed by atoms with Gasteiger partial charge in [0.15, 0.2) is 5.85 Å². The van der Waals surface area contributed by atoms with Gasteiger partial charge in [0, 0.05) is 11.7 Å². The van der Waals surface area contributed by atoms with E-state index in [9.17, 15) is 14.5 Å². The zero-order valence-corrected chi connectivity index (χ0v) is 21.2. The highest BCUT2D eigenvalue weighted by Gasteiger charge is 2.28. The summed E-state index contributed by atoms with van der Waals surface area (Å²) < 4.78 is 17.5. The minimum Gasteiger partial charge on any atom is -0.448 e. The molecule has 3 unspecified atom stereocenters. The largest absolute Gasteiger partial charge is 0.448 e. The second-order valence-corrected chi connectivity index (χ2v) is 10.9. The third kappa shape index (κ3) is 17.6. The molecule has 0 rings (SSSR count). The van der Waals surface area contributed by atoms with Gasteiger partial charge in [0.25, 0.3) is 0 Å². The first-order chi connectivity index (χ1) is 14.9. The van der Waals surface area contributed by atoms with Crippen LogP contribution in [0, 0.1) is 0 Å². The molecule has 3 atom stereocenters. The number of carbonyl (C=O) groups is 1. The van der Waals surface area contributed by atoms with Crippen molar-refractivity contribution in [3.8, 4) is 0 Å². The first-order valence-electron chi connectivity index (χ1n) is 12.6. The van der Waals surface area contributed by atoms with Gasteiger partial charge in [0.05, 0.1) is 6.61 Å². The minimum absolute atomic E-state index is 0.187. The van der Waals surface area contributed by atoms with E-state index in [1.807, 2.05) is 0 Å². The summed E-state index contributed by atoms with van der Waals surface area (Å²) in [5.74, 6) is -1.81. The van der Waals surface area contributed by atoms with Gasteiger partial charge in [-0.1, -0.05) is 110 Å². The molecule has 0 bridgehead atoms. The van der Waals surface area contributed by atoms with Crippen molar-refractivity contribution >= 4 is 13.8 Å². The lowest BCUT2D eigenvalue weighted by atomic mass is 10.0. The third-order valence-electron chi connectivity index (χ3n) is 5.71. The molecule has 0 aromatic carbocycles. The van der Waals surface area contributed by atoms with Crippen LogP contribution in [0.15, 0.2) is 12.2 Å². The number of aliphatic hydroxyl groups excluding tert-OH is 2. The number of hydrogen-bond acceptors (Lipinski definition) is 5. The predicted octanol–water partition coefficient (Wildman–Crippen LogP) is 6.61. The lowest BCUT2D eigenvalue weighted by Gasteiger charge is -2.21. The van der Waals surface area contributed by atoms with E-state index in [0.717, 1.165) is 19.3 Å². The van der Waals surface area contributed by atoms with Crippen molar-refractivity contribution in [1.82, 2.24) is 0 Å². The monoisotopic (exact) mass is 460 g/mol. The number of rotatable bonds is 22. The zero-order chi connectivity index (χ0) is 23.3. The highest BCUT2D eigenvalue weighted by molar-refractivity contribution is 7.45. The fourth-order valence-corrected chi connectivity index (χ4v) is 5.32. The summed E-state index contributed by atoms with van der Waals surface area (Å²) in [4.78, 5) is 11.7. The Kier molecular flexibility index (Phi) is 20.8. The summed E-state index contributed by atoms with van der Waals surface area (Å²) in [6, 6.07) is 0. The summed E-state index contributed by atoms with van der Waals surface area (Å²) in [6.07, 6.45) is 19.5. The number of esters is 1. The second-order valence-electron chi connectivity index (χ2n) is 8.88. The van der Waals surface area contributed by atoms with Crippen LogP contribution in [0.1, 0.15) is 117 Å². The van der Waals surface area contributed by atoms with Crippen molar-refractivity contribution < 1.29 is 24.3 Å². The quantitative estimate of drug-likeness (QED) is 0.0822. The molecule has 0 aliphatic carbocycles. The molecule has 31 heavy (non-hydrogen) atoms. The van der Waals surface area contributed by atoms with Gasteiger partial charge in [-0.05, 0) is 13.3 Å². The predicted molar refractivity (Wildman–Crippen MR) is 131 cm³/mol. The SMILES string of the molecule is C=C(C)C(=O)OC(C(O)CO)[PH](=O)CCCCCCCCCCCCCCCCCC. The Hall–Kier alpha value is -0.640. The number of unbranched alkanes of at least 4 members (excludes halogenated alkanes) is 15. The van der Waals surface area contributed by atoms with E-state index < -0.39 is 32.3 Å². The highest BCUT2D eigenvalue weighted by Crippen LogP contribution is 2.33. The molecule has 2 N–H and O–H groups in total. The molecule has 5 nitrogen and oxygen atoms in total. The first-order valence-corrected chi connectivity index (χ1v) is 14.3. The van der Waals surface area contributed by atoms with Gasteiger partial charge < -0.3 is 19.5 Å². The molecule has 0 saturated carbocycles. The zero-order valence-electron chi connectivity index (χ0n) is 20.2. The third-order valence-corrected chi connectivity index (χ3v) is 7.70. The van der Waals surface area contributed by atoms with E-state index in [-0.39, 0.29) is 5.57 Å². The van der Waals surface area contributed by atoms with E-state index in [4.69, 9.17) is 9.84 Å². The number of hydrogen-bond donors (Lipinski definition) is 2. The molecule has 0 aliphatic rings. The van der Waals surface area contributed by atoms with Crippen LogP contribution in [0.5, 0.6) is 0 Å². The maximum absolute atomic E-state index is 12.5. The van der Waals surface area contributed by atoms with E-state index in [0.29, 0.717) is 6.16 Å². The fraction of sp³-hybridized carbons (Fsp3) is 0.880. The molecule has 0 fully saturated rings. The molecule has 184 valence electrons. The molecule has 0 heterocycles. The summed E-state index contributed by atoms with van der Waals surface area (Å²) >= 11 is 0. The molecular formula is C25H49O5P. The number of aliphatic hydroxyl groups is 2. The van der Waals surface area contributed by atoms with E-state index >= 15 is 0 Å². The average molecular weight is 461 g/mol. The molecular weight excluding hydrogens is 411 g/mol. The maximum atomic E-state index is 12.5. The topological polar surface area (TPSA) is 83.8 Å². The average Bonchev–Trinajstić information content (AvgIpc) is 2.76. The van der Waals surface area contributed by atoms with Gasteiger partial charge in [0.2, 0.25) is 0 Å². The van der Waals surface area contributed by atoms with Gasteiger partial charge in [-0.15, -0.1) is 0 Å². The minimum atomic E-state index is -2.33. The summed E-state index contributed by atoms with van der Waals surface area (Å²) in [5, 5.41) is 19.0. The van der Waals surface area contributed by atoms with E-state index in [1.165, 1.54) is 90.4 Å². The van der Waals surface area contributed by atoms with Gasteiger partial charge in [-0.3, -0.25) is 0 Å². The van der Waals surface area contributed by atoms with E-state index in [2.05, 4.69) is 13.5 Å². The van der Waals surface area contributed by atoms with Crippen LogP contribution in [0.4, 0.5) is 0 Å². The van der Waals surface area contributed by atoms with Crippen LogP contribution in [0.25, 0.3) is 0 Å². The van der Waals surface area contributed by atoms with Crippen molar-refractivity contribution in [2.24, 2.45) is 0 Å². The van der Waals surface area contributed by atoms with Crippen molar-refractivity contribution in [3.63, 3.8) is 0 Å². The Morgan fingerprint density at radius 2 is 1.23 bits per heavy atom. The van der Waals surface area contributed by atoms with Gasteiger partial charge in [-0.2, -0.15) is 0 Å².